The molecule has 0 bridgehead atoms. The Morgan fingerprint density at radius 1 is 1.25 bits per heavy atom. The van der Waals surface area contributed by atoms with Crippen LogP contribution in [0.2, 0.25) is 0 Å². The van der Waals surface area contributed by atoms with Gasteiger partial charge in [-0.05, 0) is 24.5 Å². The minimum absolute atomic E-state index is 0. The van der Waals surface area contributed by atoms with Crippen molar-refractivity contribution in [1.82, 2.24) is 10.2 Å². The molecular weight excluding hydrogens is 394 g/mol. The van der Waals surface area contributed by atoms with Crippen LogP contribution in [0, 0.1) is 0 Å². The summed E-state index contributed by atoms with van der Waals surface area (Å²) in [6.45, 7) is 3.43. The first-order valence-electron chi connectivity index (χ1n) is 9.23. The van der Waals surface area contributed by atoms with E-state index in [0.29, 0.717) is 6.42 Å². The number of hydrogen-bond donors (Lipinski definition) is 2. The van der Waals surface area contributed by atoms with Crippen LogP contribution in [0.15, 0.2) is 53.4 Å². The molecule has 2 aromatic rings. The number of thioether (sulfide) groups is 1. The van der Waals surface area contributed by atoms with Gasteiger partial charge in [-0.1, -0.05) is 30.3 Å². The number of benzene rings is 2. The normalized spacial score (nSPS) is 16.9. The second-order valence-electron chi connectivity index (χ2n) is 6.50. The standard InChI is InChI=1S/C21H27N3O2S.ClH/c1-26-19-9-5-3-7-16(19)18-15-22-12-14-24(18)13-11-21(25)23-17-8-4-6-10-20(17)27-2;/h3-10,18,22H,11-15H2,1-2H3,(H,23,25);1H. The Morgan fingerprint density at radius 3 is 2.79 bits per heavy atom. The summed E-state index contributed by atoms with van der Waals surface area (Å²) in [5, 5.41) is 6.51. The lowest BCUT2D eigenvalue weighted by Crippen LogP contribution is -2.46. The molecule has 1 aliphatic rings. The molecule has 1 heterocycles. The maximum absolute atomic E-state index is 12.5. The highest BCUT2D eigenvalue weighted by Crippen LogP contribution is 2.30. The van der Waals surface area contributed by atoms with Gasteiger partial charge in [0.25, 0.3) is 0 Å². The van der Waals surface area contributed by atoms with Gasteiger partial charge in [-0.3, -0.25) is 9.69 Å². The van der Waals surface area contributed by atoms with E-state index in [4.69, 9.17) is 4.74 Å². The smallest absolute Gasteiger partial charge is 0.225 e. The second-order valence-corrected chi connectivity index (χ2v) is 7.34. The number of rotatable bonds is 7. The van der Waals surface area contributed by atoms with Crippen molar-refractivity contribution in [3.8, 4) is 5.75 Å². The molecule has 2 N–H and O–H groups in total. The Bertz CT molecular complexity index is 775. The second kappa shape index (κ2) is 11.3. The van der Waals surface area contributed by atoms with Crippen molar-refractivity contribution >= 4 is 35.8 Å². The summed E-state index contributed by atoms with van der Waals surface area (Å²) in [5.74, 6) is 0.948. The molecule has 3 rings (SSSR count). The highest BCUT2D eigenvalue weighted by Gasteiger charge is 2.26. The van der Waals surface area contributed by atoms with E-state index < -0.39 is 0 Å². The minimum Gasteiger partial charge on any atom is -0.496 e. The first-order valence-corrected chi connectivity index (χ1v) is 10.5. The summed E-state index contributed by atoms with van der Waals surface area (Å²) in [7, 11) is 1.70. The lowest BCUT2D eigenvalue weighted by atomic mass is 10.0. The maximum Gasteiger partial charge on any atom is 0.225 e. The van der Waals surface area contributed by atoms with Crippen LogP contribution in [-0.4, -0.2) is 50.4 Å². The highest BCUT2D eigenvalue weighted by atomic mass is 35.5. The van der Waals surface area contributed by atoms with Gasteiger partial charge in [0, 0.05) is 43.1 Å². The third-order valence-corrected chi connectivity index (χ3v) is 5.66. The van der Waals surface area contributed by atoms with E-state index in [1.54, 1.807) is 18.9 Å². The monoisotopic (exact) mass is 421 g/mol. The van der Waals surface area contributed by atoms with Crippen LogP contribution in [0.25, 0.3) is 0 Å². The van der Waals surface area contributed by atoms with Gasteiger partial charge >= 0.3 is 0 Å². The first kappa shape index (κ1) is 22.6. The largest absolute Gasteiger partial charge is 0.496 e. The zero-order valence-corrected chi connectivity index (χ0v) is 17.9. The van der Waals surface area contributed by atoms with E-state index >= 15 is 0 Å². The zero-order chi connectivity index (χ0) is 19.1. The molecule has 0 saturated carbocycles. The van der Waals surface area contributed by atoms with Gasteiger partial charge in [-0.25, -0.2) is 0 Å². The summed E-state index contributed by atoms with van der Waals surface area (Å²) >= 11 is 1.64. The molecule has 1 atom stereocenters. The topological polar surface area (TPSA) is 53.6 Å². The molecule has 1 aliphatic heterocycles. The molecule has 0 aliphatic carbocycles. The molecule has 1 fully saturated rings. The number of methoxy groups -OCH3 is 1. The quantitative estimate of drug-likeness (QED) is 0.666. The van der Waals surface area contributed by atoms with Crippen LogP contribution < -0.4 is 15.4 Å². The molecule has 1 saturated heterocycles. The fraction of sp³-hybridized carbons (Fsp3) is 0.381. The van der Waals surface area contributed by atoms with Crippen LogP contribution in [0.5, 0.6) is 5.75 Å². The molecule has 7 heteroatoms. The lowest BCUT2D eigenvalue weighted by molar-refractivity contribution is -0.116. The van der Waals surface area contributed by atoms with Crippen LogP contribution in [0.4, 0.5) is 5.69 Å². The summed E-state index contributed by atoms with van der Waals surface area (Å²) < 4.78 is 5.54. The summed E-state index contributed by atoms with van der Waals surface area (Å²) in [6.07, 6.45) is 2.48. The SMILES string of the molecule is COc1ccccc1C1CNCCN1CCC(=O)Nc1ccccc1SC.Cl. The summed E-state index contributed by atoms with van der Waals surface area (Å²) in [5.41, 5.74) is 2.05. The van der Waals surface area contributed by atoms with Crippen molar-refractivity contribution < 1.29 is 9.53 Å². The van der Waals surface area contributed by atoms with Crippen molar-refractivity contribution in [1.29, 1.82) is 0 Å². The third-order valence-electron chi connectivity index (χ3n) is 4.86. The molecule has 2 aromatic carbocycles. The molecule has 0 radical (unpaired) electrons. The summed E-state index contributed by atoms with van der Waals surface area (Å²) in [4.78, 5) is 16.0. The van der Waals surface area contributed by atoms with Crippen LogP contribution in [0.1, 0.15) is 18.0 Å². The van der Waals surface area contributed by atoms with E-state index in [1.165, 1.54) is 5.56 Å². The molecule has 1 amide bonds. The fourth-order valence-corrected chi connectivity index (χ4v) is 4.02. The van der Waals surface area contributed by atoms with Crippen molar-refractivity contribution in [3.05, 3.63) is 54.1 Å². The number of halogens is 1. The van der Waals surface area contributed by atoms with Gasteiger partial charge in [-0.15, -0.1) is 24.2 Å². The van der Waals surface area contributed by atoms with Crippen molar-refractivity contribution in [2.24, 2.45) is 0 Å². The van der Waals surface area contributed by atoms with Crippen molar-refractivity contribution in [2.45, 2.75) is 17.4 Å². The van der Waals surface area contributed by atoms with Crippen molar-refractivity contribution in [2.75, 3.05) is 44.9 Å². The predicted molar refractivity (Wildman–Crippen MR) is 119 cm³/mol. The van der Waals surface area contributed by atoms with Gasteiger partial charge < -0.3 is 15.4 Å². The lowest BCUT2D eigenvalue weighted by Gasteiger charge is -2.37. The molecule has 0 spiro atoms. The Morgan fingerprint density at radius 2 is 2.00 bits per heavy atom. The number of carbonyl (C=O) groups is 1. The van der Waals surface area contributed by atoms with Gasteiger partial charge in [0.05, 0.1) is 18.8 Å². The molecule has 1 unspecified atom stereocenters. The number of piperazine rings is 1. The Balaban J connectivity index is 0.00000280. The average molecular weight is 422 g/mol. The van der Waals surface area contributed by atoms with Gasteiger partial charge in [-0.2, -0.15) is 0 Å². The molecule has 152 valence electrons. The zero-order valence-electron chi connectivity index (χ0n) is 16.3. The number of hydrogen-bond acceptors (Lipinski definition) is 5. The first-order chi connectivity index (χ1) is 13.2. The van der Waals surface area contributed by atoms with E-state index in [0.717, 1.165) is 42.5 Å². The fourth-order valence-electron chi connectivity index (χ4n) is 3.47. The number of amides is 1. The summed E-state index contributed by atoms with van der Waals surface area (Å²) in [6, 6.07) is 16.2. The predicted octanol–water partition coefficient (Wildman–Crippen LogP) is 3.81. The van der Waals surface area contributed by atoms with E-state index in [9.17, 15) is 4.79 Å². The number of nitrogens with zero attached hydrogens (tertiary/aromatic N) is 1. The van der Waals surface area contributed by atoms with Crippen molar-refractivity contribution in [3.63, 3.8) is 0 Å². The van der Waals surface area contributed by atoms with Gasteiger partial charge in [0.2, 0.25) is 5.91 Å². The Hall–Kier alpha value is -1.73. The Labute approximate surface area is 177 Å². The average Bonchev–Trinajstić information content (AvgIpc) is 2.73. The Kier molecular flexibility index (Phi) is 9.12. The van der Waals surface area contributed by atoms with E-state index in [-0.39, 0.29) is 24.4 Å². The van der Waals surface area contributed by atoms with E-state index in [2.05, 4.69) is 21.6 Å². The van der Waals surface area contributed by atoms with Crippen LogP contribution >= 0.6 is 24.2 Å². The number of para-hydroxylation sites is 2. The number of ether oxygens (including phenoxy) is 1. The number of anilines is 1. The number of carbonyl (C=O) groups excluding carboxylic acids is 1. The van der Waals surface area contributed by atoms with Crippen LogP contribution in [0.3, 0.4) is 0 Å². The number of nitrogens with one attached hydrogen (secondary N) is 2. The highest BCUT2D eigenvalue weighted by molar-refractivity contribution is 7.98. The van der Waals surface area contributed by atoms with Crippen LogP contribution in [-0.2, 0) is 4.79 Å². The molecule has 5 nitrogen and oxygen atoms in total. The molecular formula is C21H28ClN3O2S. The minimum atomic E-state index is 0. The van der Waals surface area contributed by atoms with Gasteiger partial charge in [0.1, 0.15) is 5.75 Å². The van der Waals surface area contributed by atoms with E-state index in [1.807, 2.05) is 48.7 Å². The third kappa shape index (κ3) is 5.64. The van der Waals surface area contributed by atoms with Gasteiger partial charge in [0.15, 0.2) is 0 Å². The molecule has 28 heavy (non-hydrogen) atoms. The molecule has 0 aromatic heterocycles. The maximum atomic E-state index is 12.5.